The number of allylic oxidation sites excluding steroid dienone is 2. The lowest BCUT2D eigenvalue weighted by molar-refractivity contribution is -0.146. The highest BCUT2D eigenvalue weighted by Crippen LogP contribution is 2.52. The van der Waals surface area contributed by atoms with Crippen LogP contribution in [0.1, 0.15) is 20.3 Å². The Hall–Kier alpha value is -2.63. The van der Waals surface area contributed by atoms with Gasteiger partial charge in [-0.3, -0.25) is 19.3 Å². The molecule has 1 N–H and O–H groups in total. The van der Waals surface area contributed by atoms with Gasteiger partial charge >= 0.3 is 0 Å². The van der Waals surface area contributed by atoms with E-state index in [0.29, 0.717) is 12.3 Å². The van der Waals surface area contributed by atoms with E-state index in [1.807, 2.05) is 19.1 Å². The molecule has 26 heavy (non-hydrogen) atoms. The lowest BCUT2D eigenvalue weighted by Crippen LogP contribution is -2.46. The molecule has 0 radical (unpaired) electrons. The van der Waals surface area contributed by atoms with Crippen molar-refractivity contribution in [3.8, 4) is 5.75 Å². The van der Waals surface area contributed by atoms with Crippen molar-refractivity contribution in [1.29, 1.82) is 0 Å². The standard InChI is InChI=1S/C20H22N2O4/c1-3-26-15-8-6-14(7-9-15)21-18(23)11(2)22-19(24)16-12-4-5-13(10-12)17(16)20(22)25/h4-9,11-13,16-17H,3,10H2,1-2H3,(H,21,23)/t11-,12+,13+,16-,17+/m1/s1. The first-order valence-electron chi connectivity index (χ1n) is 9.10. The second-order valence-electron chi connectivity index (χ2n) is 7.17. The first kappa shape index (κ1) is 16.8. The number of rotatable bonds is 5. The van der Waals surface area contributed by atoms with Crippen molar-refractivity contribution in [2.45, 2.75) is 26.3 Å². The average Bonchev–Trinajstić information content (AvgIpc) is 3.30. The number of ether oxygens (including phenoxy) is 1. The van der Waals surface area contributed by atoms with Gasteiger partial charge in [-0.1, -0.05) is 12.2 Å². The van der Waals surface area contributed by atoms with Crippen molar-refractivity contribution in [3.63, 3.8) is 0 Å². The number of carbonyl (C=O) groups excluding carboxylic acids is 3. The number of hydrogen-bond donors (Lipinski definition) is 1. The highest BCUT2D eigenvalue weighted by atomic mass is 16.5. The zero-order chi connectivity index (χ0) is 18.4. The third-order valence-corrected chi connectivity index (χ3v) is 5.70. The lowest BCUT2D eigenvalue weighted by atomic mass is 9.85. The Morgan fingerprint density at radius 2 is 1.73 bits per heavy atom. The number of likely N-dealkylation sites (tertiary alicyclic amines) is 1. The molecule has 0 spiro atoms. The zero-order valence-corrected chi connectivity index (χ0v) is 14.8. The Bertz CT molecular complexity index is 756. The fraction of sp³-hybridized carbons (Fsp3) is 0.450. The number of nitrogens with zero attached hydrogens (tertiary/aromatic N) is 1. The highest BCUT2D eigenvalue weighted by molar-refractivity contribution is 6.10. The van der Waals surface area contributed by atoms with Crippen LogP contribution in [0, 0.1) is 23.7 Å². The molecule has 2 fully saturated rings. The summed E-state index contributed by atoms with van der Waals surface area (Å²) in [7, 11) is 0. The second kappa shape index (κ2) is 6.27. The molecule has 0 unspecified atom stereocenters. The highest BCUT2D eigenvalue weighted by Gasteiger charge is 2.60. The Morgan fingerprint density at radius 3 is 2.27 bits per heavy atom. The number of carbonyl (C=O) groups is 3. The van der Waals surface area contributed by atoms with Gasteiger partial charge in [0, 0.05) is 5.69 Å². The van der Waals surface area contributed by atoms with E-state index in [0.717, 1.165) is 12.2 Å². The summed E-state index contributed by atoms with van der Waals surface area (Å²) in [4.78, 5) is 39.3. The number of amides is 3. The maximum atomic E-state index is 12.8. The molecule has 136 valence electrons. The molecule has 5 atom stereocenters. The smallest absolute Gasteiger partial charge is 0.247 e. The van der Waals surface area contributed by atoms with Gasteiger partial charge in [-0.25, -0.2) is 0 Å². The summed E-state index contributed by atoms with van der Waals surface area (Å²) in [5, 5.41) is 2.78. The van der Waals surface area contributed by atoms with Gasteiger partial charge in [0.25, 0.3) is 0 Å². The molecule has 6 heteroatoms. The summed E-state index contributed by atoms with van der Waals surface area (Å²) in [6.07, 6.45) is 4.98. The Labute approximate surface area is 152 Å². The van der Waals surface area contributed by atoms with Crippen molar-refractivity contribution in [1.82, 2.24) is 4.90 Å². The molecule has 1 saturated carbocycles. The predicted octanol–water partition coefficient (Wildman–Crippen LogP) is 2.22. The number of hydrogen-bond acceptors (Lipinski definition) is 4. The van der Waals surface area contributed by atoms with Crippen LogP contribution in [0.2, 0.25) is 0 Å². The zero-order valence-electron chi connectivity index (χ0n) is 14.8. The van der Waals surface area contributed by atoms with Crippen LogP contribution in [0.3, 0.4) is 0 Å². The van der Waals surface area contributed by atoms with Crippen LogP contribution >= 0.6 is 0 Å². The molecule has 1 aromatic rings. The monoisotopic (exact) mass is 354 g/mol. The van der Waals surface area contributed by atoms with Crippen LogP contribution in [0.15, 0.2) is 36.4 Å². The van der Waals surface area contributed by atoms with E-state index >= 15 is 0 Å². The van der Waals surface area contributed by atoms with Gasteiger partial charge in [0.2, 0.25) is 17.7 Å². The van der Waals surface area contributed by atoms with Gasteiger partial charge in [-0.05, 0) is 56.4 Å². The third-order valence-electron chi connectivity index (χ3n) is 5.70. The molecule has 1 saturated heterocycles. The van der Waals surface area contributed by atoms with Crippen LogP contribution in [0.4, 0.5) is 5.69 Å². The van der Waals surface area contributed by atoms with Crippen LogP contribution in [-0.2, 0) is 14.4 Å². The van der Waals surface area contributed by atoms with Gasteiger partial charge in [0.15, 0.2) is 0 Å². The summed E-state index contributed by atoms with van der Waals surface area (Å²) >= 11 is 0. The first-order chi connectivity index (χ1) is 12.5. The normalized spacial score (nSPS) is 29.8. The maximum Gasteiger partial charge on any atom is 0.247 e. The van der Waals surface area contributed by atoms with Crippen LogP contribution in [-0.4, -0.2) is 35.3 Å². The van der Waals surface area contributed by atoms with Crippen LogP contribution in [0.5, 0.6) is 5.75 Å². The molecule has 3 aliphatic rings. The quantitative estimate of drug-likeness (QED) is 0.650. The molecule has 1 heterocycles. The SMILES string of the molecule is CCOc1ccc(NC(=O)[C@@H](C)N2C(=O)[C@@H]3[C@H](C2=O)[C@H]2C=C[C@H]3C2)cc1. The molecule has 6 nitrogen and oxygen atoms in total. The van der Waals surface area contributed by atoms with Gasteiger partial charge in [-0.15, -0.1) is 0 Å². The summed E-state index contributed by atoms with van der Waals surface area (Å²) in [5.74, 6) is -0.315. The van der Waals surface area contributed by atoms with Crippen molar-refractivity contribution >= 4 is 23.4 Å². The van der Waals surface area contributed by atoms with Crippen molar-refractivity contribution in [2.24, 2.45) is 23.7 Å². The van der Waals surface area contributed by atoms with E-state index < -0.39 is 6.04 Å². The number of anilines is 1. The summed E-state index contributed by atoms with van der Waals surface area (Å²) in [5.41, 5.74) is 0.603. The van der Waals surface area contributed by atoms with E-state index in [2.05, 4.69) is 5.32 Å². The van der Waals surface area contributed by atoms with E-state index in [1.165, 1.54) is 4.90 Å². The van der Waals surface area contributed by atoms with Gasteiger partial charge in [-0.2, -0.15) is 0 Å². The molecule has 3 amide bonds. The van der Waals surface area contributed by atoms with E-state index in [1.54, 1.807) is 31.2 Å². The number of fused-ring (bicyclic) bond motifs is 5. The molecule has 1 aliphatic heterocycles. The molecular weight excluding hydrogens is 332 g/mol. The molecule has 2 aliphatic carbocycles. The first-order valence-corrected chi connectivity index (χ1v) is 9.10. The molecule has 2 bridgehead atoms. The summed E-state index contributed by atoms with van der Waals surface area (Å²) in [6.45, 7) is 4.08. The molecule has 0 aromatic heterocycles. The fourth-order valence-corrected chi connectivity index (χ4v) is 4.47. The Balaban J connectivity index is 1.46. The Morgan fingerprint density at radius 1 is 1.15 bits per heavy atom. The van der Waals surface area contributed by atoms with Crippen molar-refractivity contribution in [2.75, 3.05) is 11.9 Å². The maximum absolute atomic E-state index is 12.8. The van der Waals surface area contributed by atoms with Crippen LogP contribution in [0.25, 0.3) is 0 Å². The van der Waals surface area contributed by atoms with E-state index in [-0.39, 0.29) is 41.4 Å². The summed E-state index contributed by atoms with van der Waals surface area (Å²) < 4.78 is 5.37. The summed E-state index contributed by atoms with van der Waals surface area (Å²) in [6, 6.07) is 6.18. The number of nitrogens with one attached hydrogen (secondary N) is 1. The lowest BCUT2D eigenvalue weighted by Gasteiger charge is -2.23. The molecule has 1 aromatic carbocycles. The largest absolute Gasteiger partial charge is 0.494 e. The average molecular weight is 354 g/mol. The molecule has 4 rings (SSSR count). The van der Waals surface area contributed by atoms with Crippen molar-refractivity contribution in [3.05, 3.63) is 36.4 Å². The van der Waals surface area contributed by atoms with Gasteiger partial charge in [0.05, 0.1) is 18.4 Å². The van der Waals surface area contributed by atoms with Gasteiger partial charge < -0.3 is 10.1 Å². The van der Waals surface area contributed by atoms with Crippen LogP contribution < -0.4 is 10.1 Å². The second-order valence-corrected chi connectivity index (χ2v) is 7.17. The fourth-order valence-electron chi connectivity index (χ4n) is 4.47. The topological polar surface area (TPSA) is 75.7 Å². The number of benzene rings is 1. The van der Waals surface area contributed by atoms with E-state index in [4.69, 9.17) is 4.74 Å². The minimum Gasteiger partial charge on any atom is -0.494 e. The number of imide groups is 1. The Kier molecular flexibility index (Phi) is 4.05. The predicted molar refractivity (Wildman–Crippen MR) is 95.3 cm³/mol. The minimum absolute atomic E-state index is 0.146. The van der Waals surface area contributed by atoms with Crippen molar-refractivity contribution < 1.29 is 19.1 Å². The third kappa shape index (κ3) is 2.52. The van der Waals surface area contributed by atoms with E-state index in [9.17, 15) is 14.4 Å². The minimum atomic E-state index is -0.827. The van der Waals surface area contributed by atoms with Gasteiger partial charge in [0.1, 0.15) is 11.8 Å². The molecular formula is C20H22N2O4.